The molecule has 0 radical (unpaired) electrons. The molecule has 1 fully saturated rings. The van der Waals surface area contributed by atoms with Crippen LogP contribution in [0.2, 0.25) is 0 Å². The van der Waals surface area contributed by atoms with E-state index in [-0.39, 0.29) is 5.91 Å². The van der Waals surface area contributed by atoms with Gasteiger partial charge in [-0.3, -0.25) is 4.79 Å². The second-order valence-electron chi connectivity index (χ2n) is 8.07. The average molecular weight is 435 g/mol. The van der Waals surface area contributed by atoms with Gasteiger partial charge in [-0.15, -0.1) is 11.3 Å². The van der Waals surface area contributed by atoms with Gasteiger partial charge in [-0.1, -0.05) is 49.4 Å². The molecular weight excluding hydrogens is 404 g/mol. The molecule has 0 unspecified atom stereocenters. The van der Waals surface area contributed by atoms with Crippen LogP contribution in [0.1, 0.15) is 23.7 Å². The van der Waals surface area contributed by atoms with Crippen molar-refractivity contribution in [2.45, 2.75) is 26.3 Å². The molecule has 1 saturated heterocycles. The highest BCUT2D eigenvalue weighted by molar-refractivity contribution is 7.13. The molecule has 2 aromatic carbocycles. The monoisotopic (exact) mass is 434 g/mol. The summed E-state index contributed by atoms with van der Waals surface area (Å²) in [7, 11) is 2.16. The highest BCUT2D eigenvalue weighted by Crippen LogP contribution is 2.25. The Bertz CT molecular complexity index is 1010. The molecular formula is C25H30N4OS. The zero-order chi connectivity index (χ0) is 21.6. The van der Waals surface area contributed by atoms with Crippen LogP contribution in [-0.4, -0.2) is 49.0 Å². The summed E-state index contributed by atoms with van der Waals surface area (Å²) in [6.07, 6.45) is 1.34. The van der Waals surface area contributed by atoms with E-state index in [2.05, 4.69) is 76.5 Å². The Kier molecular flexibility index (Phi) is 6.99. The molecule has 1 N–H and O–H groups in total. The largest absolute Gasteiger partial charge is 0.369 e. The minimum absolute atomic E-state index is 0.00589. The fraction of sp³-hybridized carbons (Fsp3) is 0.360. The number of aromatic nitrogens is 1. The van der Waals surface area contributed by atoms with Crippen LogP contribution in [0.4, 0.5) is 5.69 Å². The number of anilines is 1. The zero-order valence-electron chi connectivity index (χ0n) is 18.3. The molecule has 1 aliphatic heterocycles. The van der Waals surface area contributed by atoms with E-state index in [1.165, 1.54) is 11.3 Å². The first-order chi connectivity index (χ1) is 15.1. The normalized spacial score (nSPS) is 14.6. The number of piperazine rings is 1. The summed E-state index contributed by atoms with van der Waals surface area (Å²) in [5, 5.41) is 6.04. The summed E-state index contributed by atoms with van der Waals surface area (Å²) in [4.78, 5) is 22.0. The minimum Gasteiger partial charge on any atom is -0.369 e. The van der Waals surface area contributed by atoms with Crippen molar-refractivity contribution in [2.75, 3.05) is 38.1 Å². The minimum atomic E-state index is 0.00589. The number of hydrogen-bond donors (Lipinski definition) is 1. The number of thiazole rings is 1. The molecule has 162 valence electrons. The Morgan fingerprint density at radius 3 is 2.55 bits per heavy atom. The van der Waals surface area contributed by atoms with E-state index in [4.69, 9.17) is 0 Å². The summed E-state index contributed by atoms with van der Waals surface area (Å²) in [5.41, 5.74) is 5.63. The third kappa shape index (κ3) is 5.51. The van der Waals surface area contributed by atoms with Crippen molar-refractivity contribution in [2.24, 2.45) is 0 Å². The molecule has 3 aromatic rings. The van der Waals surface area contributed by atoms with Gasteiger partial charge in [-0.2, -0.15) is 0 Å². The first-order valence-electron chi connectivity index (χ1n) is 10.9. The van der Waals surface area contributed by atoms with Gasteiger partial charge in [-0.25, -0.2) is 4.98 Å². The predicted octanol–water partition coefficient (Wildman–Crippen LogP) is 3.98. The van der Waals surface area contributed by atoms with Crippen LogP contribution in [-0.2, 0) is 24.2 Å². The molecule has 0 saturated carbocycles. The maximum absolute atomic E-state index is 12.6. The Balaban J connectivity index is 1.34. The van der Waals surface area contributed by atoms with Crippen molar-refractivity contribution in [3.8, 4) is 10.6 Å². The smallest absolute Gasteiger partial charge is 0.226 e. The quantitative estimate of drug-likeness (QED) is 0.611. The van der Waals surface area contributed by atoms with Crippen LogP contribution < -0.4 is 10.2 Å². The Morgan fingerprint density at radius 2 is 1.81 bits per heavy atom. The van der Waals surface area contributed by atoms with Gasteiger partial charge in [0.05, 0.1) is 12.1 Å². The molecule has 1 aliphatic rings. The van der Waals surface area contributed by atoms with Gasteiger partial charge in [-0.05, 0) is 30.7 Å². The van der Waals surface area contributed by atoms with E-state index in [0.29, 0.717) is 13.0 Å². The van der Waals surface area contributed by atoms with Gasteiger partial charge < -0.3 is 15.1 Å². The summed E-state index contributed by atoms with van der Waals surface area (Å²) in [6, 6.07) is 16.9. The number of aryl methyl sites for hydroxylation is 1. The van der Waals surface area contributed by atoms with Crippen molar-refractivity contribution < 1.29 is 4.79 Å². The molecule has 0 bridgehead atoms. The number of likely N-dealkylation sites (N-methyl/N-ethyl adjacent to an activating group) is 1. The fourth-order valence-electron chi connectivity index (χ4n) is 3.84. The van der Waals surface area contributed by atoms with E-state index >= 15 is 0 Å². The van der Waals surface area contributed by atoms with E-state index in [0.717, 1.165) is 54.4 Å². The molecule has 1 amide bonds. The van der Waals surface area contributed by atoms with Gasteiger partial charge >= 0.3 is 0 Å². The van der Waals surface area contributed by atoms with E-state index in [9.17, 15) is 4.79 Å². The van der Waals surface area contributed by atoms with Crippen LogP contribution >= 0.6 is 11.3 Å². The molecule has 0 aliphatic carbocycles. The molecule has 0 atom stereocenters. The van der Waals surface area contributed by atoms with Crippen LogP contribution in [0.25, 0.3) is 10.6 Å². The van der Waals surface area contributed by atoms with E-state index in [1.54, 1.807) is 11.3 Å². The van der Waals surface area contributed by atoms with Crippen molar-refractivity contribution in [3.63, 3.8) is 0 Å². The molecule has 1 aromatic heterocycles. The molecule has 5 nitrogen and oxygen atoms in total. The fourth-order valence-corrected chi connectivity index (χ4v) is 4.67. The highest BCUT2D eigenvalue weighted by Gasteiger charge is 2.17. The van der Waals surface area contributed by atoms with Crippen molar-refractivity contribution in [3.05, 3.63) is 70.7 Å². The Hall–Kier alpha value is -2.70. The van der Waals surface area contributed by atoms with E-state index in [1.807, 2.05) is 11.4 Å². The topological polar surface area (TPSA) is 48.5 Å². The number of rotatable bonds is 7. The first kappa shape index (κ1) is 21.5. The summed E-state index contributed by atoms with van der Waals surface area (Å²) >= 11 is 1.59. The lowest BCUT2D eigenvalue weighted by Gasteiger charge is -2.35. The van der Waals surface area contributed by atoms with Crippen molar-refractivity contribution in [1.29, 1.82) is 0 Å². The number of carbonyl (C=O) groups is 1. The van der Waals surface area contributed by atoms with Gasteiger partial charge in [0.25, 0.3) is 0 Å². The van der Waals surface area contributed by atoms with Gasteiger partial charge in [0.15, 0.2) is 0 Å². The number of carbonyl (C=O) groups excluding carboxylic acids is 1. The molecule has 2 heterocycles. The van der Waals surface area contributed by atoms with Crippen LogP contribution in [0.5, 0.6) is 0 Å². The Labute approximate surface area is 188 Å². The number of hydrogen-bond acceptors (Lipinski definition) is 5. The first-order valence-corrected chi connectivity index (χ1v) is 11.8. The third-order valence-corrected chi connectivity index (χ3v) is 6.75. The summed E-state index contributed by atoms with van der Waals surface area (Å²) in [6.45, 7) is 6.85. The average Bonchev–Trinajstić information content (AvgIpc) is 3.27. The predicted molar refractivity (Wildman–Crippen MR) is 129 cm³/mol. The van der Waals surface area contributed by atoms with Gasteiger partial charge in [0.1, 0.15) is 5.01 Å². The molecule has 0 spiro atoms. The van der Waals surface area contributed by atoms with Crippen LogP contribution in [0.3, 0.4) is 0 Å². The highest BCUT2D eigenvalue weighted by atomic mass is 32.1. The molecule has 31 heavy (non-hydrogen) atoms. The maximum Gasteiger partial charge on any atom is 0.226 e. The third-order valence-electron chi connectivity index (χ3n) is 5.81. The number of para-hydroxylation sites is 1. The zero-order valence-corrected chi connectivity index (χ0v) is 19.1. The molecule has 6 heteroatoms. The second-order valence-corrected chi connectivity index (χ2v) is 8.93. The summed E-state index contributed by atoms with van der Waals surface area (Å²) < 4.78 is 0. The number of benzene rings is 2. The number of amides is 1. The van der Waals surface area contributed by atoms with Crippen molar-refractivity contribution >= 4 is 22.9 Å². The second kappa shape index (κ2) is 10.1. The van der Waals surface area contributed by atoms with Gasteiger partial charge in [0, 0.05) is 49.4 Å². The number of nitrogens with one attached hydrogen (secondary N) is 1. The van der Waals surface area contributed by atoms with Crippen LogP contribution in [0, 0.1) is 0 Å². The lowest BCUT2D eigenvalue weighted by molar-refractivity contribution is -0.120. The van der Waals surface area contributed by atoms with E-state index < -0.39 is 0 Å². The van der Waals surface area contributed by atoms with Crippen LogP contribution in [0.15, 0.2) is 53.9 Å². The molecule has 4 rings (SSSR count). The lowest BCUT2D eigenvalue weighted by Crippen LogP contribution is -2.45. The SMILES string of the molecule is CCc1ccc(-c2nc(CC(=O)NCc3ccccc3N3CCN(C)CC3)cs2)cc1. The van der Waals surface area contributed by atoms with Gasteiger partial charge in [0.2, 0.25) is 5.91 Å². The van der Waals surface area contributed by atoms with Crippen molar-refractivity contribution in [1.82, 2.24) is 15.2 Å². The lowest BCUT2D eigenvalue weighted by atomic mass is 10.1. The maximum atomic E-state index is 12.6. The number of nitrogens with zero attached hydrogens (tertiary/aromatic N) is 3. The standard InChI is InChI=1S/C25H30N4OS/c1-3-19-8-10-20(11-9-19)25-27-22(18-31-25)16-24(30)26-17-21-6-4-5-7-23(21)29-14-12-28(2)13-15-29/h4-11,18H,3,12-17H2,1-2H3,(H,26,30). The summed E-state index contributed by atoms with van der Waals surface area (Å²) in [5.74, 6) is 0.00589. The Morgan fingerprint density at radius 1 is 1.06 bits per heavy atom.